The molecule has 0 radical (unpaired) electrons. The zero-order valence-corrected chi connectivity index (χ0v) is 42.7. The second-order valence-corrected chi connectivity index (χ2v) is 21.6. The summed E-state index contributed by atoms with van der Waals surface area (Å²) < 4.78 is 11.0. The van der Waals surface area contributed by atoms with Crippen molar-refractivity contribution in [2.24, 2.45) is 0 Å². The van der Waals surface area contributed by atoms with E-state index < -0.39 is 0 Å². The van der Waals surface area contributed by atoms with Crippen molar-refractivity contribution >= 4 is 71.3 Å². The molecule has 0 aliphatic carbocycles. The van der Waals surface area contributed by atoms with E-state index in [0.717, 1.165) is 110 Å². The van der Waals surface area contributed by atoms with E-state index in [1.54, 1.807) is 0 Å². The SMILES string of the molecule is CC(C)(C)c1ccc(-n2c(-c3cc(C(C)(C)C)cc(C(C)(C)C)c3O)nc3c(-c4[c-]c5c(cc4)c4cc6oc7ccccc7c6cc4n4c6ccccc6nc54)cccc32)c(-c2ccccc2)c1.[Pt]. The molecule has 69 heavy (non-hydrogen) atoms. The Bertz CT molecular complexity index is 4040. The molecule has 0 bridgehead atoms. The number of pyridine rings is 1. The summed E-state index contributed by atoms with van der Waals surface area (Å²) in [4.78, 5) is 11.0. The number of fused-ring (bicyclic) bond motifs is 12. The molecule has 0 aliphatic heterocycles. The molecule has 0 spiro atoms. The predicted molar refractivity (Wildman–Crippen MR) is 283 cm³/mol. The fourth-order valence-electron chi connectivity index (χ4n) is 10.2. The van der Waals surface area contributed by atoms with Crippen LogP contribution in [0.1, 0.15) is 79.0 Å². The number of rotatable bonds is 4. The first-order valence-electron chi connectivity index (χ1n) is 23.6. The van der Waals surface area contributed by atoms with E-state index in [9.17, 15) is 5.11 Å². The molecule has 7 heteroatoms. The van der Waals surface area contributed by atoms with Crippen LogP contribution < -0.4 is 0 Å². The molecule has 1 N–H and O–H groups in total. The summed E-state index contributed by atoms with van der Waals surface area (Å²) in [5, 5.41) is 17.8. The first-order chi connectivity index (χ1) is 32.5. The normalized spacial score (nSPS) is 12.7. The van der Waals surface area contributed by atoms with Crippen LogP contribution in [0.5, 0.6) is 5.75 Å². The minimum atomic E-state index is -0.338. The molecule has 0 amide bonds. The zero-order valence-electron chi connectivity index (χ0n) is 40.4. The smallest absolute Gasteiger partial charge is 0.148 e. The maximum Gasteiger partial charge on any atom is 0.148 e. The molecule has 344 valence electrons. The van der Waals surface area contributed by atoms with Crippen molar-refractivity contribution in [2.45, 2.75) is 78.6 Å². The summed E-state index contributed by atoms with van der Waals surface area (Å²) >= 11 is 0. The van der Waals surface area contributed by atoms with E-state index in [1.807, 2.05) is 18.2 Å². The average Bonchev–Trinajstić information content (AvgIpc) is 4.02. The Labute approximate surface area is 416 Å². The summed E-state index contributed by atoms with van der Waals surface area (Å²) in [6, 6.07) is 57.5. The van der Waals surface area contributed by atoms with Crippen molar-refractivity contribution in [1.29, 1.82) is 0 Å². The van der Waals surface area contributed by atoms with Gasteiger partial charge in [-0.25, -0.2) is 4.98 Å². The Morgan fingerprint density at radius 2 is 1.23 bits per heavy atom. The van der Waals surface area contributed by atoms with Gasteiger partial charge in [-0.1, -0.05) is 164 Å². The van der Waals surface area contributed by atoms with Crippen molar-refractivity contribution < 1.29 is 30.6 Å². The summed E-state index contributed by atoms with van der Waals surface area (Å²) in [7, 11) is 0. The van der Waals surface area contributed by atoms with Crippen molar-refractivity contribution in [2.75, 3.05) is 0 Å². The van der Waals surface area contributed by atoms with Crippen molar-refractivity contribution in [3.63, 3.8) is 0 Å². The van der Waals surface area contributed by atoms with Crippen LogP contribution >= 0.6 is 0 Å². The molecule has 0 unspecified atom stereocenters. The fraction of sp³-hybridized carbons (Fsp3) is 0.194. The summed E-state index contributed by atoms with van der Waals surface area (Å²) in [6.45, 7) is 19.9. The maximum absolute atomic E-state index is 12.6. The van der Waals surface area contributed by atoms with E-state index >= 15 is 0 Å². The van der Waals surface area contributed by atoms with Gasteiger partial charge < -0.3 is 13.9 Å². The number of nitrogens with zero attached hydrogens (tertiary/aromatic N) is 4. The number of imidazole rings is 2. The minimum absolute atomic E-state index is 0. The van der Waals surface area contributed by atoms with Gasteiger partial charge in [-0.3, -0.25) is 9.55 Å². The molecule has 8 aromatic carbocycles. The van der Waals surface area contributed by atoms with Crippen LogP contribution in [0.15, 0.2) is 156 Å². The second-order valence-electron chi connectivity index (χ2n) is 21.6. The number of benzene rings is 8. The van der Waals surface area contributed by atoms with Gasteiger partial charge >= 0.3 is 0 Å². The minimum Gasteiger partial charge on any atom is -0.507 e. The van der Waals surface area contributed by atoms with E-state index in [2.05, 4.69) is 211 Å². The second kappa shape index (κ2) is 15.8. The molecule has 0 aliphatic rings. The molecule has 4 heterocycles. The van der Waals surface area contributed by atoms with Crippen LogP contribution in [-0.2, 0) is 37.3 Å². The number of aromatic nitrogens is 4. The van der Waals surface area contributed by atoms with Crippen LogP contribution in [0.3, 0.4) is 0 Å². The molecule has 12 rings (SSSR count). The fourth-order valence-corrected chi connectivity index (χ4v) is 10.2. The quantitative estimate of drug-likeness (QED) is 0.141. The van der Waals surface area contributed by atoms with Gasteiger partial charge in [-0.15, -0.1) is 23.8 Å². The van der Waals surface area contributed by atoms with Crippen LogP contribution in [0.2, 0.25) is 0 Å². The van der Waals surface area contributed by atoms with Crippen LogP contribution in [0.4, 0.5) is 0 Å². The summed E-state index contributed by atoms with van der Waals surface area (Å²) in [5.74, 6) is 0.915. The topological polar surface area (TPSA) is 68.5 Å². The number of phenols is 1. The predicted octanol–water partition coefficient (Wildman–Crippen LogP) is 16.4. The van der Waals surface area contributed by atoms with Gasteiger partial charge in [0, 0.05) is 48.5 Å². The molecule has 0 saturated carbocycles. The number of hydrogen-bond donors (Lipinski definition) is 1. The van der Waals surface area contributed by atoms with Crippen LogP contribution in [0.25, 0.3) is 111 Å². The average molecular weight is 1080 g/mol. The van der Waals surface area contributed by atoms with Crippen molar-refractivity contribution in [3.8, 4) is 45.1 Å². The van der Waals surface area contributed by atoms with Crippen LogP contribution in [0, 0.1) is 6.07 Å². The number of phenolic OH excluding ortho intramolecular Hbond substituents is 1. The van der Waals surface area contributed by atoms with E-state index in [0.29, 0.717) is 11.4 Å². The molecule has 0 atom stereocenters. The molecule has 4 aromatic heterocycles. The number of furan rings is 1. The van der Waals surface area contributed by atoms with Gasteiger partial charge in [-0.2, -0.15) is 0 Å². The van der Waals surface area contributed by atoms with Crippen LogP contribution in [-0.4, -0.2) is 24.0 Å². The van der Waals surface area contributed by atoms with Gasteiger partial charge in [0.2, 0.25) is 0 Å². The Balaban J connectivity index is 0.00000520. The summed E-state index contributed by atoms with van der Waals surface area (Å²) in [6.07, 6.45) is 0. The maximum atomic E-state index is 12.6. The van der Waals surface area contributed by atoms with E-state index in [4.69, 9.17) is 14.4 Å². The molecule has 0 saturated heterocycles. The van der Waals surface area contributed by atoms with Gasteiger partial charge in [-0.05, 0) is 92.9 Å². The van der Waals surface area contributed by atoms with E-state index in [-0.39, 0.29) is 43.1 Å². The molecule has 0 fully saturated rings. The molecular weight excluding hydrogens is 1030 g/mol. The standard InChI is InChI=1S/C62H53N4O2.Pt/c1-60(2,3)38-27-29-50(43(31-38)36-18-11-10-12-19-36)65-52-24-17-21-40(56(52)64-59(65)47-32-39(61(4,5)6)33-48(57(47)67)62(7,8)9)37-26-28-41-44-35-55-45(42-20-13-16-25-54(42)68-55)34-53(44)66-51-23-15-14-22-49(51)63-58(66)46(41)30-37;/h10-29,31-35,67H,1-9H3;/q-1;. The Hall–Kier alpha value is -7.01. The van der Waals surface area contributed by atoms with Crippen molar-refractivity contribution in [3.05, 3.63) is 174 Å². The van der Waals surface area contributed by atoms with Gasteiger partial charge in [0.05, 0.1) is 39.0 Å². The number of hydrogen-bond acceptors (Lipinski definition) is 4. The number of para-hydroxylation sites is 4. The zero-order chi connectivity index (χ0) is 47.0. The Morgan fingerprint density at radius 1 is 0.522 bits per heavy atom. The van der Waals surface area contributed by atoms with Gasteiger partial charge in [0.15, 0.2) is 0 Å². The Kier molecular flexibility index (Phi) is 10.2. The third kappa shape index (κ3) is 7.09. The summed E-state index contributed by atoms with van der Waals surface area (Å²) in [5.41, 5.74) is 15.6. The third-order valence-electron chi connectivity index (χ3n) is 13.9. The first kappa shape index (κ1) is 44.5. The van der Waals surface area contributed by atoms with E-state index in [1.165, 1.54) is 5.56 Å². The largest absolute Gasteiger partial charge is 0.507 e. The monoisotopic (exact) mass is 1080 g/mol. The molecule has 12 aromatic rings. The molecular formula is C62H53N4O2Pt-. The first-order valence-corrected chi connectivity index (χ1v) is 23.6. The van der Waals surface area contributed by atoms with Crippen molar-refractivity contribution in [1.82, 2.24) is 18.9 Å². The molecule has 6 nitrogen and oxygen atoms in total. The van der Waals surface area contributed by atoms with Gasteiger partial charge in [0.25, 0.3) is 0 Å². The third-order valence-corrected chi connectivity index (χ3v) is 13.9. The van der Waals surface area contributed by atoms with Gasteiger partial charge in [0.1, 0.15) is 22.7 Å². The number of aromatic hydroxyl groups is 1. The Morgan fingerprint density at radius 3 is 2.00 bits per heavy atom.